The van der Waals surface area contributed by atoms with Crippen molar-refractivity contribution in [3.8, 4) is 0 Å². The molecule has 0 heterocycles. The summed E-state index contributed by atoms with van der Waals surface area (Å²) in [6.45, 7) is 2.01. The van der Waals surface area contributed by atoms with Crippen LogP contribution in [0.1, 0.15) is 23.1 Å². The van der Waals surface area contributed by atoms with Crippen LogP contribution >= 0.6 is 15.9 Å². The Balaban J connectivity index is 1.74. The summed E-state index contributed by atoms with van der Waals surface area (Å²) in [7, 11) is 0. The predicted molar refractivity (Wildman–Crippen MR) is 89.5 cm³/mol. The summed E-state index contributed by atoms with van der Waals surface area (Å²) in [5.41, 5.74) is 4.67. The lowest BCUT2D eigenvalue weighted by atomic mass is 9.83. The Hall–Kier alpha value is -1.61. The van der Waals surface area contributed by atoms with Crippen molar-refractivity contribution in [2.24, 2.45) is 5.92 Å². The first-order chi connectivity index (χ1) is 10.1. The van der Waals surface area contributed by atoms with Crippen LogP contribution in [0.2, 0.25) is 0 Å². The van der Waals surface area contributed by atoms with Gasteiger partial charge in [-0.15, -0.1) is 0 Å². The van der Waals surface area contributed by atoms with E-state index < -0.39 is 0 Å². The number of hydrogen-bond acceptors (Lipinski definition) is 1. The summed E-state index contributed by atoms with van der Waals surface area (Å²) in [6.07, 6.45) is 2.76. The van der Waals surface area contributed by atoms with Gasteiger partial charge in [-0.25, -0.2) is 0 Å². The van der Waals surface area contributed by atoms with Gasteiger partial charge in [0.2, 0.25) is 5.91 Å². The number of carbonyl (C=O) groups excluding carboxylic acids is 1. The smallest absolute Gasteiger partial charge is 0.227 e. The van der Waals surface area contributed by atoms with Crippen molar-refractivity contribution in [2.75, 3.05) is 5.32 Å². The Kier molecular flexibility index (Phi) is 4.11. The van der Waals surface area contributed by atoms with E-state index in [-0.39, 0.29) is 11.8 Å². The van der Waals surface area contributed by atoms with Gasteiger partial charge in [-0.2, -0.15) is 0 Å². The molecule has 3 heteroatoms. The van der Waals surface area contributed by atoms with E-state index in [1.807, 2.05) is 25.1 Å². The standard InChI is InChI=1S/C18H18BrNO/c1-12-16(19)7-4-8-17(12)20-18(21)15-10-9-13-5-2-3-6-14(13)11-15/h2-8,15H,9-11H2,1H3,(H,20,21). The third-order valence-electron chi connectivity index (χ3n) is 4.24. The molecule has 0 aromatic heterocycles. The van der Waals surface area contributed by atoms with Gasteiger partial charge >= 0.3 is 0 Å². The highest BCUT2D eigenvalue weighted by Crippen LogP contribution is 2.28. The fraction of sp³-hybridized carbons (Fsp3) is 0.278. The number of amides is 1. The molecular formula is C18H18BrNO. The van der Waals surface area contributed by atoms with Gasteiger partial charge in [-0.3, -0.25) is 4.79 Å². The molecule has 1 atom stereocenters. The number of hydrogen-bond donors (Lipinski definition) is 1. The van der Waals surface area contributed by atoms with Gasteiger partial charge in [-0.1, -0.05) is 46.3 Å². The molecule has 2 aromatic carbocycles. The summed E-state index contributed by atoms with van der Waals surface area (Å²) in [4.78, 5) is 12.5. The third kappa shape index (κ3) is 3.03. The first-order valence-corrected chi connectivity index (χ1v) is 8.07. The summed E-state index contributed by atoms with van der Waals surface area (Å²) >= 11 is 3.50. The SMILES string of the molecule is Cc1c(Br)cccc1NC(=O)C1CCc2ccccc2C1. The Morgan fingerprint density at radius 1 is 1.14 bits per heavy atom. The minimum Gasteiger partial charge on any atom is -0.326 e. The number of rotatable bonds is 2. The van der Waals surface area contributed by atoms with Crippen molar-refractivity contribution in [1.29, 1.82) is 0 Å². The van der Waals surface area contributed by atoms with Gasteiger partial charge in [0.15, 0.2) is 0 Å². The summed E-state index contributed by atoms with van der Waals surface area (Å²) < 4.78 is 1.02. The minimum absolute atomic E-state index is 0.0679. The molecule has 1 aliphatic carbocycles. The second-order valence-corrected chi connectivity index (χ2v) is 6.46. The van der Waals surface area contributed by atoms with Crippen LogP contribution in [0.25, 0.3) is 0 Å². The quantitative estimate of drug-likeness (QED) is 0.854. The Bertz CT molecular complexity index is 681. The van der Waals surface area contributed by atoms with Crippen LogP contribution < -0.4 is 5.32 Å². The molecule has 1 N–H and O–H groups in total. The van der Waals surface area contributed by atoms with E-state index in [1.54, 1.807) is 0 Å². The Labute approximate surface area is 133 Å². The fourth-order valence-electron chi connectivity index (χ4n) is 2.90. The molecule has 0 saturated carbocycles. The maximum absolute atomic E-state index is 12.5. The zero-order valence-electron chi connectivity index (χ0n) is 12.0. The van der Waals surface area contributed by atoms with Gasteiger partial charge in [0.1, 0.15) is 0 Å². The van der Waals surface area contributed by atoms with Crippen molar-refractivity contribution in [1.82, 2.24) is 0 Å². The highest BCUT2D eigenvalue weighted by molar-refractivity contribution is 9.10. The van der Waals surface area contributed by atoms with Crippen molar-refractivity contribution in [2.45, 2.75) is 26.2 Å². The molecule has 0 spiro atoms. The molecule has 2 aromatic rings. The van der Waals surface area contributed by atoms with Crippen LogP contribution in [0, 0.1) is 12.8 Å². The highest BCUT2D eigenvalue weighted by atomic mass is 79.9. The molecule has 1 amide bonds. The van der Waals surface area contributed by atoms with Gasteiger partial charge in [-0.05, 0) is 55.0 Å². The Morgan fingerprint density at radius 3 is 2.71 bits per heavy atom. The first kappa shape index (κ1) is 14.3. The molecule has 3 rings (SSSR count). The van der Waals surface area contributed by atoms with Crippen molar-refractivity contribution < 1.29 is 4.79 Å². The van der Waals surface area contributed by atoms with Crippen LogP contribution in [-0.2, 0) is 17.6 Å². The van der Waals surface area contributed by atoms with E-state index in [9.17, 15) is 4.79 Å². The van der Waals surface area contributed by atoms with Gasteiger partial charge in [0.05, 0.1) is 0 Å². The number of halogens is 1. The monoisotopic (exact) mass is 343 g/mol. The Morgan fingerprint density at radius 2 is 1.90 bits per heavy atom. The maximum atomic E-state index is 12.5. The van der Waals surface area contributed by atoms with Gasteiger partial charge < -0.3 is 5.32 Å². The van der Waals surface area contributed by atoms with E-state index in [4.69, 9.17) is 0 Å². The molecule has 2 nitrogen and oxygen atoms in total. The second kappa shape index (κ2) is 6.02. The average molecular weight is 344 g/mol. The fourth-order valence-corrected chi connectivity index (χ4v) is 3.27. The van der Waals surface area contributed by atoms with Crippen molar-refractivity contribution in [3.63, 3.8) is 0 Å². The summed E-state index contributed by atoms with van der Waals surface area (Å²) in [5.74, 6) is 0.198. The molecule has 0 fully saturated rings. The normalized spacial score (nSPS) is 17.1. The van der Waals surface area contributed by atoms with Gasteiger partial charge in [0.25, 0.3) is 0 Å². The molecule has 0 saturated heterocycles. The topological polar surface area (TPSA) is 29.1 Å². The molecule has 0 radical (unpaired) electrons. The van der Waals surface area contributed by atoms with E-state index in [0.29, 0.717) is 0 Å². The minimum atomic E-state index is 0.0679. The zero-order valence-corrected chi connectivity index (χ0v) is 13.6. The maximum Gasteiger partial charge on any atom is 0.227 e. The lowest BCUT2D eigenvalue weighted by Gasteiger charge is -2.24. The third-order valence-corrected chi connectivity index (χ3v) is 5.10. The number of benzene rings is 2. The number of carbonyl (C=O) groups is 1. The van der Waals surface area contributed by atoms with Gasteiger partial charge in [0, 0.05) is 16.1 Å². The summed E-state index contributed by atoms with van der Waals surface area (Å²) in [6, 6.07) is 14.3. The molecule has 1 aliphatic rings. The van der Waals surface area contributed by atoms with Crippen LogP contribution in [0.3, 0.4) is 0 Å². The lowest BCUT2D eigenvalue weighted by molar-refractivity contribution is -0.120. The number of fused-ring (bicyclic) bond motifs is 1. The van der Waals surface area contributed by atoms with E-state index in [1.165, 1.54) is 11.1 Å². The first-order valence-electron chi connectivity index (χ1n) is 7.28. The largest absolute Gasteiger partial charge is 0.326 e. The highest BCUT2D eigenvalue weighted by Gasteiger charge is 2.24. The van der Waals surface area contributed by atoms with Crippen molar-refractivity contribution >= 4 is 27.5 Å². The van der Waals surface area contributed by atoms with Crippen LogP contribution in [-0.4, -0.2) is 5.91 Å². The molecular weight excluding hydrogens is 326 g/mol. The molecule has 108 valence electrons. The molecule has 0 aliphatic heterocycles. The number of anilines is 1. The zero-order chi connectivity index (χ0) is 14.8. The van der Waals surface area contributed by atoms with Crippen molar-refractivity contribution in [3.05, 3.63) is 63.6 Å². The van der Waals surface area contributed by atoms with Crippen LogP contribution in [0.5, 0.6) is 0 Å². The van der Waals surface area contributed by atoms with E-state index >= 15 is 0 Å². The number of nitrogens with one attached hydrogen (secondary N) is 1. The van der Waals surface area contributed by atoms with E-state index in [0.717, 1.165) is 35.0 Å². The number of aryl methyl sites for hydroxylation is 1. The molecule has 0 bridgehead atoms. The summed E-state index contributed by atoms with van der Waals surface area (Å²) in [5, 5.41) is 3.08. The predicted octanol–water partition coefficient (Wildman–Crippen LogP) is 4.50. The lowest BCUT2D eigenvalue weighted by Crippen LogP contribution is -2.28. The van der Waals surface area contributed by atoms with Crippen LogP contribution in [0.15, 0.2) is 46.9 Å². The second-order valence-electron chi connectivity index (χ2n) is 5.61. The van der Waals surface area contributed by atoms with E-state index in [2.05, 4.69) is 45.5 Å². The average Bonchev–Trinajstić information content (AvgIpc) is 2.51. The molecule has 21 heavy (non-hydrogen) atoms. The van der Waals surface area contributed by atoms with Crippen LogP contribution in [0.4, 0.5) is 5.69 Å². The molecule has 1 unspecified atom stereocenters.